The van der Waals surface area contributed by atoms with Gasteiger partial charge in [-0.15, -0.1) is 11.8 Å². The largest absolute Gasteiger partial charge is 0.507 e. The van der Waals surface area contributed by atoms with Crippen LogP contribution in [0.3, 0.4) is 0 Å². The number of aliphatic hydroxyl groups is 1. The standard InChI is InChI=1S/C7H6OS/c8-7-2-1-5-3-9-4-6(5)7/h1-2,4,8H,3H2. The highest BCUT2D eigenvalue weighted by atomic mass is 32.2. The zero-order valence-corrected chi connectivity index (χ0v) is 5.61. The predicted molar refractivity (Wildman–Crippen MR) is 39.3 cm³/mol. The molecule has 1 N–H and O–H groups in total. The van der Waals surface area contributed by atoms with Crippen molar-refractivity contribution in [2.75, 3.05) is 5.75 Å². The van der Waals surface area contributed by atoms with Crippen LogP contribution in [0.5, 0.6) is 0 Å². The molecule has 0 aromatic heterocycles. The number of aliphatic hydroxyl groups excluding tert-OH is 1. The molecule has 1 nitrogen and oxygen atoms in total. The lowest BCUT2D eigenvalue weighted by Crippen LogP contribution is -1.82. The van der Waals surface area contributed by atoms with E-state index in [0.29, 0.717) is 5.76 Å². The fraction of sp³-hybridized carbons (Fsp3) is 0.143. The molecule has 0 spiro atoms. The molecule has 0 amide bonds. The minimum Gasteiger partial charge on any atom is -0.507 e. The SMILES string of the molecule is OC1=CC=C2CSC=C12. The summed E-state index contributed by atoms with van der Waals surface area (Å²) in [6, 6.07) is 0. The Bertz CT molecular complexity index is 235. The summed E-state index contributed by atoms with van der Waals surface area (Å²) >= 11 is 1.74. The molecule has 0 bridgehead atoms. The third-order valence-electron chi connectivity index (χ3n) is 1.50. The normalized spacial score (nSPS) is 22.9. The number of allylic oxidation sites excluding steroid dienone is 3. The van der Waals surface area contributed by atoms with E-state index in [9.17, 15) is 0 Å². The molecule has 0 saturated carbocycles. The van der Waals surface area contributed by atoms with Gasteiger partial charge in [0.1, 0.15) is 5.76 Å². The van der Waals surface area contributed by atoms with Gasteiger partial charge >= 0.3 is 0 Å². The maximum atomic E-state index is 9.13. The summed E-state index contributed by atoms with van der Waals surface area (Å²) in [6.07, 6.45) is 3.72. The van der Waals surface area contributed by atoms with E-state index in [4.69, 9.17) is 5.11 Å². The van der Waals surface area contributed by atoms with Crippen molar-refractivity contribution < 1.29 is 5.11 Å². The van der Waals surface area contributed by atoms with Gasteiger partial charge in [0.15, 0.2) is 0 Å². The van der Waals surface area contributed by atoms with Crippen LogP contribution in [0.15, 0.2) is 34.5 Å². The molecule has 1 heterocycles. The Morgan fingerprint density at radius 3 is 3.11 bits per heavy atom. The highest BCUT2D eigenvalue weighted by Gasteiger charge is 2.18. The van der Waals surface area contributed by atoms with Gasteiger partial charge in [-0.3, -0.25) is 0 Å². The molecule has 2 aliphatic rings. The first-order chi connectivity index (χ1) is 4.38. The second-order valence-corrected chi connectivity index (χ2v) is 2.94. The lowest BCUT2D eigenvalue weighted by molar-refractivity contribution is 0.428. The van der Waals surface area contributed by atoms with Crippen molar-refractivity contribution in [3.05, 3.63) is 34.5 Å². The fourth-order valence-corrected chi connectivity index (χ4v) is 1.95. The van der Waals surface area contributed by atoms with Crippen LogP contribution in [0.4, 0.5) is 0 Å². The van der Waals surface area contributed by atoms with Gasteiger partial charge in [0.2, 0.25) is 0 Å². The lowest BCUT2D eigenvalue weighted by atomic mass is 10.2. The van der Waals surface area contributed by atoms with E-state index in [0.717, 1.165) is 11.3 Å². The van der Waals surface area contributed by atoms with E-state index in [-0.39, 0.29) is 0 Å². The third-order valence-corrected chi connectivity index (χ3v) is 2.38. The molecule has 2 heteroatoms. The van der Waals surface area contributed by atoms with E-state index in [1.54, 1.807) is 17.8 Å². The average molecular weight is 138 g/mol. The minimum absolute atomic E-state index is 0.426. The van der Waals surface area contributed by atoms with Crippen LogP contribution >= 0.6 is 11.8 Å². The fourth-order valence-electron chi connectivity index (χ4n) is 1.00. The maximum Gasteiger partial charge on any atom is 0.123 e. The second-order valence-electron chi connectivity index (χ2n) is 2.09. The van der Waals surface area contributed by atoms with Crippen LogP contribution in [-0.4, -0.2) is 10.9 Å². The van der Waals surface area contributed by atoms with E-state index in [1.807, 2.05) is 11.5 Å². The molecule has 0 aromatic carbocycles. The molecule has 0 aromatic rings. The Hall–Kier alpha value is -0.630. The summed E-state index contributed by atoms with van der Waals surface area (Å²) in [7, 11) is 0. The van der Waals surface area contributed by atoms with Gasteiger partial charge in [-0.05, 0) is 17.1 Å². The Kier molecular flexibility index (Phi) is 0.963. The van der Waals surface area contributed by atoms with Crippen LogP contribution in [-0.2, 0) is 0 Å². The summed E-state index contributed by atoms with van der Waals surface area (Å²) in [4.78, 5) is 0. The summed E-state index contributed by atoms with van der Waals surface area (Å²) in [5.74, 6) is 1.45. The van der Waals surface area contributed by atoms with Gasteiger partial charge in [0.25, 0.3) is 0 Å². The second kappa shape index (κ2) is 1.67. The van der Waals surface area contributed by atoms with Crippen molar-refractivity contribution in [2.24, 2.45) is 0 Å². The monoisotopic (exact) mass is 138 g/mol. The first kappa shape index (κ1) is 5.18. The van der Waals surface area contributed by atoms with E-state index in [1.165, 1.54) is 5.57 Å². The highest BCUT2D eigenvalue weighted by Crippen LogP contribution is 2.35. The molecule has 1 aliphatic heterocycles. The van der Waals surface area contributed by atoms with Crippen molar-refractivity contribution in [3.63, 3.8) is 0 Å². The molecule has 0 atom stereocenters. The van der Waals surface area contributed by atoms with Gasteiger partial charge < -0.3 is 5.11 Å². The van der Waals surface area contributed by atoms with Crippen molar-refractivity contribution in [3.8, 4) is 0 Å². The van der Waals surface area contributed by atoms with Crippen LogP contribution in [0.25, 0.3) is 0 Å². The summed E-state index contributed by atoms with van der Waals surface area (Å²) in [5, 5.41) is 11.1. The molecular weight excluding hydrogens is 132 g/mol. The molecule has 0 radical (unpaired) electrons. The quantitative estimate of drug-likeness (QED) is 0.552. The lowest BCUT2D eigenvalue weighted by Gasteiger charge is -1.92. The van der Waals surface area contributed by atoms with Gasteiger partial charge in [-0.25, -0.2) is 0 Å². The molecule has 46 valence electrons. The molecule has 2 rings (SSSR count). The predicted octanol–water partition coefficient (Wildman–Crippen LogP) is 2.00. The minimum atomic E-state index is 0.426. The first-order valence-corrected chi connectivity index (χ1v) is 3.85. The first-order valence-electron chi connectivity index (χ1n) is 2.80. The Morgan fingerprint density at radius 1 is 1.44 bits per heavy atom. The van der Waals surface area contributed by atoms with Gasteiger partial charge in [-0.2, -0.15) is 0 Å². The maximum absolute atomic E-state index is 9.13. The van der Waals surface area contributed by atoms with E-state index >= 15 is 0 Å². The van der Waals surface area contributed by atoms with Crippen LogP contribution in [0, 0.1) is 0 Å². The van der Waals surface area contributed by atoms with Crippen molar-refractivity contribution >= 4 is 11.8 Å². The Morgan fingerprint density at radius 2 is 2.33 bits per heavy atom. The topological polar surface area (TPSA) is 20.2 Å². The third kappa shape index (κ3) is 0.630. The molecule has 0 saturated heterocycles. The number of hydrogen-bond acceptors (Lipinski definition) is 2. The van der Waals surface area contributed by atoms with Crippen LogP contribution in [0.1, 0.15) is 0 Å². The highest BCUT2D eigenvalue weighted by molar-refractivity contribution is 8.02. The summed E-state index contributed by atoms with van der Waals surface area (Å²) < 4.78 is 0. The number of hydrogen-bond donors (Lipinski definition) is 1. The molecule has 0 fully saturated rings. The van der Waals surface area contributed by atoms with Gasteiger partial charge in [0.05, 0.1) is 0 Å². The van der Waals surface area contributed by atoms with Gasteiger partial charge in [-0.1, -0.05) is 6.08 Å². The van der Waals surface area contributed by atoms with Crippen LogP contribution in [0.2, 0.25) is 0 Å². The average Bonchev–Trinajstić information content (AvgIpc) is 2.35. The number of thioether (sulfide) groups is 1. The van der Waals surface area contributed by atoms with Crippen LogP contribution < -0.4 is 0 Å². The van der Waals surface area contributed by atoms with Crippen molar-refractivity contribution in [2.45, 2.75) is 0 Å². The molecular formula is C7H6OS. The summed E-state index contributed by atoms with van der Waals surface area (Å²) in [5.41, 5.74) is 2.29. The van der Waals surface area contributed by atoms with E-state index < -0.39 is 0 Å². The number of rotatable bonds is 0. The molecule has 9 heavy (non-hydrogen) atoms. The van der Waals surface area contributed by atoms with Gasteiger partial charge in [0, 0.05) is 11.3 Å². The molecule has 1 aliphatic carbocycles. The smallest absolute Gasteiger partial charge is 0.123 e. The van der Waals surface area contributed by atoms with Crippen molar-refractivity contribution in [1.29, 1.82) is 0 Å². The van der Waals surface area contributed by atoms with Crippen molar-refractivity contribution in [1.82, 2.24) is 0 Å². The Balaban J connectivity index is 2.46. The zero-order chi connectivity index (χ0) is 6.27. The van der Waals surface area contributed by atoms with E-state index in [2.05, 4.69) is 0 Å². The zero-order valence-electron chi connectivity index (χ0n) is 4.79. The molecule has 0 unspecified atom stereocenters. The summed E-state index contributed by atoms with van der Waals surface area (Å²) in [6.45, 7) is 0. The Labute approximate surface area is 57.8 Å². The number of fused-ring (bicyclic) bond motifs is 1.